The van der Waals surface area contributed by atoms with Crippen molar-refractivity contribution in [1.29, 1.82) is 5.26 Å². The summed E-state index contributed by atoms with van der Waals surface area (Å²) in [5.41, 5.74) is -0.996. The Morgan fingerprint density at radius 2 is 1.42 bits per heavy atom. The molecule has 0 saturated heterocycles. The molecule has 0 fully saturated rings. The molecule has 3 rings (SSSR count). The first kappa shape index (κ1) is 28.6. The van der Waals surface area contributed by atoms with E-state index in [0.29, 0.717) is 0 Å². The monoisotopic (exact) mass is 573 g/mol. The van der Waals surface area contributed by atoms with Crippen molar-refractivity contribution in [3.05, 3.63) is 93.1 Å². The molecule has 0 heterocycles. The van der Waals surface area contributed by atoms with Gasteiger partial charge in [-0.2, -0.15) is 13.7 Å². The van der Waals surface area contributed by atoms with Gasteiger partial charge in [-0.05, 0) is 42.8 Å². The number of sulfone groups is 1. The van der Waals surface area contributed by atoms with Gasteiger partial charge in [0.15, 0.2) is 44.6 Å². The molecule has 14 heteroatoms. The number of hydrogen-bond donors (Lipinski definition) is 0. The average Bonchev–Trinajstić information content (AvgIpc) is 2.86. The van der Waals surface area contributed by atoms with Crippen molar-refractivity contribution >= 4 is 26.0 Å². The molecular formula is C24H16F5NO6S2. The fourth-order valence-corrected chi connectivity index (χ4v) is 5.26. The number of ether oxygens (including phenoxy) is 1. The molecule has 0 aromatic heterocycles. The Kier molecular flexibility index (Phi) is 8.13. The lowest BCUT2D eigenvalue weighted by Crippen LogP contribution is -2.12. The van der Waals surface area contributed by atoms with E-state index < -0.39 is 71.0 Å². The third kappa shape index (κ3) is 5.79. The highest BCUT2D eigenvalue weighted by molar-refractivity contribution is 7.95. The Hall–Kier alpha value is -3.96. The molecule has 38 heavy (non-hydrogen) atoms. The summed E-state index contributed by atoms with van der Waals surface area (Å²) in [5, 5.41) is 9.28. The molecule has 0 unspecified atom stereocenters. The van der Waals surface area contributed by atoms with Crippen LogP contribution in [-0.4, -0.2) is 23.9 Å². The zero-order chi connectivity index (χ0) is 28.4. The normalized spacial score (nSPS) is 12.2. The number of methoxy groups -OCH3 is 1. The summed E-state index contributed by atoms with van der Waals surface area (Å²) in [6.07, 6.45) is 0.0222. The average molecular weight is 574 g/mol. The highest BCUT2D eigenvalue weighted by Crippen LogP contribution is 2.33. The lowest BCUT2D eigenvalue weighted by molar-refractivity contribution is 0.377. The molecule has 0 aliphatic rings. The Balaban J connectivity index is 2.01. The van der Waals surface area contributed by atoms with Crippen molar-refractivity contribution in [2.24, 2.45) is 0 Å². The van der Waals surface area contributed by atoms with E-state index in [-0.39, 0.29) is 22.3 Å². The summed E-state index contributed by atoms with van der Waals surface area (Å²) in [4.78, 5) is -1.52. The highest BCUT2D eigenvalue weighted by Gasteiger charge is 2.28. The van der Waals surface area contributed by atoms with E-state index in [1.54, 1.807) is 6.92 Å². The van der Waals surface area contributed by atoms with Crippen LogP contribution in [0.2, 0.25) is 0 Å². The van der Waals surface area contributed by atoms with E-state index in [1.807, 2.05) is 0 Å². The van der Waals surface area contributed by atoms with Crippen LogP contribution < -0.4 is 8.92 Å². The Labute approximate surface area is 214 Å². The number of benzene rings is 3. The topological polar surface area (TPSA) is 111 Å². The molecule has 0 aliphatic heterocycles. The van der Waals surface area contributed by atoms with Crippen LogP contribution in [0.25, 0.3) is 6.08 Å². The molecule has 0 N–H and O–H groups in total. The van der Waals surface area contributed by atoms with Gasteiger partial charge in [-0.3, -0.25) is 0 Å². The maximum absolute atomic E-state index is 14.0. The van der Waals surface area contributed by atoms with Gasteiger partial charge in [-0.25, -0.2) is 30.4 Å². The van der Waals surface area contributed by atoms with Gasteiger partial charge in [0.2, 0.25) is 5.82 Å². The third-order valence-electron chi connectivity index (χ3n) is 5.06. The van der Waals surface area contributed by atoms with Crippen molar-refractivity contribution < 1.29 is 47.7 Å². The van der Waals surface area contributed by atoms with Crippen molar-refractivity contribution in [2.45, 2.75) is 17.6 Å². The third-order valence-corrected chi connectivity index (χ3v) is 7.90. The van der Waals surface area contributed by atoms with Gasteiger partial charge in [0.05, 0.1) is 18.4 Å². The van der Waals surface area contributed by atoms with Crippen LogP contribution in [-0.2, 0) is 25.7 Å². The summed E-state index contributed by atoms with van der Waals surface area (Å²) in [6.45, 7) is 1.74. The second-order valence-electron chi connectivity index (χ2n) is 7.70. The van der Waals surface area contributed by atoms with Crippen molar-refractivity contribution in [2.75, 3.05) is 7.11 Å². The first-order valence-electron chi connectivity index (χ1n) is 10.3. The van der Waals surface area contributed by atoms with Crippen LogP contribution in [0.15, 0.2) is 52.3 Å². The predicted octanol–water partition coefficient (Wildman–Crippen LogP) is 4.95. The zero-order valence-electron chi connectivity index (χ0n) is 19.4. The summed E-state index contributed by atoms with van der Waals surface area (Å²) >= 11 is 0. The minimum Gasteiger partial charge on any atom is -0.493 e. The second-order valence-corrected chi connectivity index (χ2v) is 11.2. The van der Waals surface area contributed by atoms with E-state index in [1.165, 1.54) is 49.6 Å². The van der Waals surface area contributed by atoms with Gasteiger partial charge in [0, 0.05) is 0 Å². The van der Waals surface area contributed by atoms with Crippen LogP contribution in [0.1, 0.15) is 16.7 Å². The number of nitriles is 1. The fraction of sp³-hybridized carbons (Fsp3) is 0.125. The molecule has 3 aromatic carbocycles. The zero-order valence-corrected chi connectivity index (χ0v) is 21.1. The highest BCUT2D eigenvalue weighted by atomic mass is 32.2. The van der Waals surface area contributed by atoms with Crippen LogP contribution in [0.4, 0.5) is 22.0 Å². The summed E-state index contributed by atoms with van der Waals surface area (Å²) < 4.78 is 129. The standard InChI is InChI=1S/C24H16F5NO6S2/c1-13-3-6-15(7-4-13)38(33,34)36-19-9-14(5-8-18(19)35-2)12-37(31,32)16(11-30)10-17-20(25)22(27)24(29)23(28)21(17)26/h3-10H,12H2,1-2H3/b16-10+. The van der Waals surface area contributed by atoms with E-state index >= 15 is 0 Å². The fourth-order valence-electron chi connectivity index (χ4n) is 3.12. The SMILES string of the molecule is COc1ccc(CS(=O)(=O)/C(C#N)=C/c2c(F)c(F)c(F)c(F)c2F)cc1OS(=O)(=O)c1ccc(C)cc1. The first-order valence-corrected chi connectivity index (χ1v) is 13.3. The maximum atomic E-state index is 14.0. The van der Waals surface area contributed by atoms with Crippen LogP contribution in [0.5, 0.6) is 11.5 Å². The van der Waals surface area contributed by atoms with E-state index in [2.05, 4.69) is 0 Å². The van der Waals surface area contributed by atoms with Crippen LogP contribution in [0.3, 0.4) is 0 Å². The minimum absolute atomic E-state index is 0.0222. The summed E-state index contributed by atoms with van der Waals surface area (Å²) in [7, 11) is -7.94. The minimum atomic E-state index is -4.75. The smallest absolute Gasteiger partial charge is 0.339 e. The Morgan fingerprint density at radius 3 is 1.95 bits per heavy atom. The molecule has 0 saturated carbocycles. The number of allylic oxidation sites excluding steroid dienone is 1. The Morgan fingerprint density at radius 1 is 0.868 bits per heavy atom. The quantitative estimate of drug-likeness (QED) is 0.123. The van der Waals surface area contributed by atoms with Crippen LogP contribution in [0, 0.1) is 47.3 Å². The largest absolute Gasteiger partial charge is 0.493 e. The van der Waals surface area contributed by atoms with E-state index in [0.717, 1.165) is 11.6 Å². The summed E-state index contributed by atoms with van der Waals surface area (Å²) in [5.74, 6) is -13.3. The molecule has 7 nitrogen and oxygen atoms in total. The molecule has 200 valence electrons. The number of aryl methyl sites for hydroxylation is 1. The van der Waals surface area contributed by atoms with Crippen LogP contribution >= 0.6 is 0 Å². The molecule has 0 bridgehead atoms. The molecule has 0 amide bonds. The number of nitrogens with zero attached hydrogens (tertiary/aromatic N) is 1. The van der Waals surface area contributed by atoms with E-state index in [9.17, 15) is 44.0 Å². The lowest BCUT2D eigenvalue weighted by Gasteiger charge is -2.13. The van der Waals surface area contributed by atoms with Gasteiger partial charge in [0.25, 0.3) is 0 Å². The predicted molar refractivity (Wildman–Crippen MR) is 124 cm³/mol. The lowest BCUT2D eigenvalue weighted by atomic mass is 10.1. The number of rotatable bonds is 8. The van der Waals surface area contributed by atoms with Crippen molar-refractivity contribution in [3.8, 4) is 17.6 Å². The summed E-state index contributed by atoms with van der Waals surface area (Å²) in [6, 6.07) is 10.1. The molecular weight excluding hydrogens is 557 g/mol. The van der Waals surface area contributed by atoms with Gasteiger partial charge >= 0.3 is 10.1 Å². The number of hydrogen-bond acceptors (Lipinski definition) is 7. The first-order chi connectivity index (χ1) is 17.7. The van der Waals surface area contributed by atoms with Gasteiger partial charge in [-0.1, -0.05) is 23.8 Å². The molecule has 0 radical (unpaired) electrons. The van der Waals surface area contributed by atoms with Gasteiger partial charge < -0.3 is 8.92 Å². The Bertz CT molecular complexity index is 1670. The van der Waals surface area contributed by atoms with Crippen molar-refractivity contribution in [1.82, 2.24) is 0 Å². The number of halogens is 5. The molecule has 0 aliphatic carbocycles. The van der Waals surface area contributed by atoms with Gasteiger partial charge in [-0.15, -0.1) is 0 Å². The van der Waals surface area contributed by atoms with E-state index in [4.69, 9.17) is 8.92 Å². The molecule has 0 atom stereocenters. The maximum Gasteiger partial charge on any atom is 0.339 e. The molecule has 0 spiro atoms. The van der Waals surface area contributed by atoms with Crippen molar-refractivity contribution in [3.63, 3.8) is 0 Å². The van der Waals surface area contributed by atoms with Gasteiger partial charge in [0.1, 0.15) is 15.9 Å². The second kappa shape index (κ2) is 10.8. The molecule has 3 aromatic rings.